The quantitative estimate of drug-likeness (QED) is 0.147. The first kappa shape index (κ1) is 39.8. The average molecular weight is 793 g/mol. The minimum absolute atomic E-state index is 0.0708. The molecule has 2 aromatic carbocycles. The predicted molar refractivity (Wildman–Crippen MR) is 203 cm³/mol. The van der Waals surface area contributed by atoms with Crippen LogP contribution < -0.4 is 20.9 Å². The van der Waals surface area contributed by atoms with Gasteiger partial charge in [0.15, 0.2) is 23.1 Å². The molecule has 57 heavy (non-hydrogen) atoms. The summed E-state index contributed by atoms with van der Waals surface area (Å²) in [4.78, 5) is 54.0. The Morgan fingerprint density at radius 2 is 1.61 bits per heavy atom. The minimum atomic E-state index is -5.31. The number of aromatic nitrogens is 4. The Hall–Kier alpha value is -5.45. The molecule has 2 saturated carbocycles. The highest BCUT2D eigenvalue weighted by molar-refractivity contribution is 5.85. The molecule has 2 aliphatic carbocycles. The highest BCUT2D eigenvalue weighted by atomic mass is 19.4. The summed E-state index contributed by atoms with van der Waals surface area (Å²) in [6.45, 7) is 6.57. The van der Waals surface area contributed by atoms with Crippen LogP contribution >= 0.6 is 0 Å². The normalized spacial score (nSPS) is 22.7. The number of aliphatic hydroxyl groups excluding tert-OH is 1. The van der Waals surface area contributed by atoms with E-state index in [1.807, 2.05) is 65.6 Å². The lowest BCUT2D eigenvalue weighted by molar-refractivity contribution is -0.209. The van der Waals surface area contributed by atoms with Crippen LogP contribution in [0.4, 0.5) is 29.7 Å². The van der Waals surface area contributed by atoms with Gasteiger partial charge in [-0.3, -0.25) is 4.79 Å². The van der Waals surface area contributed by atoms with Crippen LogP contribution in [0.15, 0.2) is 67.0 Å². The number of hydrogen-bond acceptors (Lipinski definition) is 11. The van der Waals surface area contributed by atoms with Crippen molar-refractivity contribution in [3.05, 3.63) is 78.1 Å². The van der Waals surface area contributed by atoms with Crippen LogP contribution in [0.3, 0.4) is 0 Å². The van der Waals surface area contributed by atoms with Gasteiger partial charge in [-0.25, -0.2) is 14.6 Å². The van der Waals surface area contributed by atoms with Crippen molar-refractivity contribution < 1.29 is 42.1 Å². The van der Waals surface area contributed by atoms with E-state index in [0.29, 0.717) is 56.2 Å². The lowest BCUT2D eigenvalue weighted by atomic mass is 9.84. The fraction of sp³-hybridized carbons (Fsp3) is 0.500. The number of halogens is 3. The van der Waals surface area contributed by atoms with E-state index in [1.165, 1.54) is 6.33 Å². The van der Waals surface area contributed by atoms with Crippen molar-refractivity contribution in [3.8, 4) is 0 Å². The lowest BCUT2D eigenvalue weighted by Gasteiger charge is -2.28. The van der Waals surface area contributed by atoms with Crippen LogP contribution in [0.25, 0.3) is 11.2 Å². The van der Waals surface area contributed by atoms with Crippen LogP contribution in [-0.4, -0.2) is 98.3 Å². The maximum atomic E-state index is 13.4. The number of carbonyl (C=O) groups excluding carboxylic acids is 3. The van der Waals surface area contributed by atoms with E-state index in [0.717, 1.165) is 17.5 Å². The van der Waals surface area contributed by atoms with Gasteiger partial charge in [0.05, 0.1) is 24.5 Å². The van der Waals surface area contributed by atoms with Gasteiger partial charge in [0.2, 0.25) is 11.9 Å². The number of ether oxygens (including phenoxy) is 2. The molecular weight excluding hydrogens is 745 g/mol. The van der Waals surface area contributed by atoms with Gasteiger partial charge in [-0.05, 0) is 57.6 Å². The predicted octanol–water partition coefficient (Wildman–Crippen LogP) is 5.24. The van der Waals surface area contributed by atoms with E-state index in [9.17, 15) is 32.7 Å². The number of amides is 2. The number of nitrogens with one attached hydrogen (secondary N) is 3. The summed E-state index contributed by atoms with van der Waals surface area (Å²) >= 11 is 0. The molecule has 1 aliphatic heterocycles. The number of nitrogens with zero attached hydrogens (tertiary/aromatic N) is 5. The Kier molecular flexibility index (Phi) is 11.3. The second-order valence-electron chi connectivity index (χ2n) is 15.9. The van der Waals surface area contributed by atoms with E-state index in [1.54, 1.807) is 25.3 Å². The molecule has 1 saturated heterocycles. The highest BCUT2D eigenvalue weighted by Gasteiger charge is 2.51. The van der Waals surface area contributed by atoms with Crippen LogP contribution in [0.2, 0.25) is 0 Å². The third-order valence-electron chi connectivity index (χ3n) is 10.7. The van der Waals surface area contributed by atoms with Crippen LogP contribution in [0, 0.1) is 5.92 Å². The molecule has 0 spiro atoms. The molecule has 7 rings (SSSR count). The Morgan fingerprint density at radius 3 is 2.21 bits per heavy atom. The summed E-state index contributed by atoms with van der Waals surface area (Å²) < 4.78 is 52.1. The van der Waals surface area contributed by atoms with Gasteiger partial charge in [0.1, 0.15) is 11.7 Å². The monoisotopic (exact) mass is 792 g/mol. The van der Waals surface area contributed by atoms with Crippen molar-refractivity contribution in [2.75, 3.05) is 29.9 Å². The molecule has 3 heterocycles. The molecule has 17 heteroatoms. The topological polar surface area (TPSA) is 173 Å². The zero-order chi connectivity index (χ0) is 40.5. The fourth-order valence-electron chi connectivity index (χ4n) is 7.67. The number of benzene rings is 2. The lowest BCUT2D eigenvalue weighted by Crippen LogP contribution is -2.49. The van der Waals surface area contributed by atoms with E-state index < -0.39 is 48.1 Å². The van der Waals surface area contributed by atoms with E-state index in [-0.39, 0.29) is 35.9 Å². The number of rotatable bonds is 11. The molecule has 2 aromatic heterocycles. The summed E-state index contributed by atoms with van der Waals surface area (Å²) in [5, 5.41) is 20.7. The van der Waals surface area contributed by atoms with Gasteiger partial charge < -0.3 is 40.0 Å². The highest BCUT2D eigenvalue weighted by Crippen LogP contribution is 2.38. The van der Waals surface area contributed by atoms with E-state index in [2.05, 4.69) is 20.9 Å². The number of alkyl carbamates (subject to hydrolysis) is 1. The third kappa shape index (κ3) is 9.08. The van der Waals surface area contributed by atoms with Crippen LogP contribution in [0.1, 0.15) is 76.0 Å². The number of fused-ring (bicyclic) bond motifs is 1. The maximum absolute atomic E-state index is 13.4. The van der Waals surface area contributed by atoms with Crippen LogP contribution in [-0.2, 0) is 19.1 Å². The number of imidazole rings is 1. The van der Waals surface area contributed by atoms with Gasteiger partial charge in [-0.1, -0.05) is 67.1 Å². The summed E-state index contributed by atoms with van der Waals surface area (Å²) in [6.07, 6.45) is -5.16. The second-order valence-corrected chi connectivity index (χ2v) is 15.9. The largest absolute Gasteiger partial charge is 0.490 e. The number of hydrogen-bond donors (Lipinski definition) is 4. The number of alkyl halides is 3. The standard InChI is InChI=1S/C40H47F3N8O6/c1-39(2,3)57-38(55)46-26-17-18-50(21-26)37-48-33(44-20-27(23-11-6-4-7-12-23)24-13-8-5-9-14-24)30-34(49-37)51(22-45-30)29-19-28(47-35(53)25-15-10-16-25)32(31(29)52)56-36(54)40(41,42)43/h4-9,11-14,22,25-29,31-32,52H,10,15-21H2,1-3H3,(H,46,55)(H,47,53)(H,44,48,49)/t26-,28+,29-,31+,32-/m1/s1. The summed E-state index contributed by atoms with van der Waals surface area (Å²) in [6, 6.07) is 17.6. The van der Waals surface area contributed by atoms with Gasteiger partial charge >= 0.3 is 18.2 Å². The van der Waals surface area contributed by atoms with E-state index >= 15 is 0 Å². The Balaban J connectivity index is 1.23. The van der Waals surface area contributed by atoms with E-state index in [4.69, 9.17) is 19.4 Å². The molecule has 0 unspecified atom stereocenters. The Morgan fingerprint density at radius 1 is 0.947 bits per heavy atom. The number of anilines is 2. The van der Waals surface area contributed by atoms with Crippen LogP contribution in [0.5, 0.6) is 0 Å². The average Bonchev–Trinajstić information content (AvgIpc) is 3.85. The van der Waals surface area contributed by atoms with Crippen molar-refractivity contribution >= 4 is 40.9 Å². The Bertz CT molecular complexity index is 2020. The zero-order valence-electron chi connectivity index (χ0n) is 31.9. The van der Waals surface area contributed by atoms with Gasteiger partial charge in [-0.2, -0.15) is 23.1 Å². The molecule has 4 N–H and O–H groups in total. The molecule has 5 atom stereocenters. The minimum Gasteiger partial charge on any atom is -0.451 e. The SMILES string of the molecule is CC(C)(C)OC(=O)N[C@@H]1CCN(c2nc(NCC(c3ccccc3)c3ccccc3)c3ncn([C@@H]4C[C@H](NC(=O)C5CCC5)[C@@H](OC(=O)C(F)(F)F)[C@H]4O)c3n2)C1. The number of esters is 1. The van der Waals surface area contributed by atoms with Gasteiger partial charge in [-0.15, -0.1) is 0 Å². The molecule has 14 nitrogen and oxygen atoms in total. The molecule has 4 aromatic rings. The third-order valence-corrected chi connectivity index (χ3v) is 10.7. The van der Waals surface area contributed by atoms with Crippen molar-refractivity contribution in [3.63, 3.8) is 0 Å². The van der Waals surface area contributed by atoms with Gasteiger partial charge in [0.25, 0.3) is 0 Å². The maximum Gasteiger partial charge on any atom is 0.490 e. The smallest absolute Gasteiger partial charge is 0.451 e. The number of carbonyl (C=O) groups is 3. The summed E-state index contributed by atoms with van der Waals surface area (Å²) in [5.41, 5.74) is 2.04. The first-order chi connectivity index (χ1) is 27.1. The molecule has 0 radical (unpaired) electrons. The van der Waals surface area contributed by atoms with Crippen molar-refractivity contribution in [2.45, 2.75) is 101 Å². The molecular formula is C40H47F3N8O6. The Labute approximate surface area is 327 Å². The van der Waals surface area contributed by atoms with Crippen molar-refractivity contribution in [1.29, 1.82) is 0 Å². The zero-order valence-corrected chi connectivity index (χ0v) is 31.9. The number of aliphatic hydroxyl groups is 1. The van der Waals surface area contributed by atoms with Gasteiger partial charge in [0, 0.05) is 31.5 Å². The first-order valence-corrected chi connectivity index (χ1v) is 19.2. The van der Waals surface area contributed by atoms with Crippen molar-refractivity contribution in [1.82, 2.24) is 30.2 Å². The second kappa shape index (κ2) is 16.2. The molecule has 304 valence electrons. The summed E-state index contributed by atoms with van der Waals surface area (Å²) in [5.74, 6) is -2.57. The first-order valence-electron chi connectivity index (χ1n) is 19.2. The molecule has 3 aliphatic rings. The molecule has 0 bridgehead atoms. The fourth-order valence-corrected chi connectivity index (χ4v) is 7.67. The molecule has 3 fully saturated rings. The summed E-state index contributed by atoms with van der Waals surface area (Å²) in [7, 11) is 0. The molecule has 2 amide bonds. The van der Waals surface area contributed by atoms with Crippen molar-refractivity contribution in [2.24, 2.45) is 5.92 Å².